The van der Waals surface area contributed by atoms with Gasteiger partial charge in [0.25, 0.3) is 0 Å². The molecule has 74 valence electrons. The summed E-state index contributed by atoms with van der Waals surface area (Å²) in [5.74, 6) is 0.270. The van der Waals surface area contributed by atoms with E-state index in [-0.39, 0.29) is 5.78 Å². The second kappa shape index (κ2) is 4.56. The first kappa shape index (κ1) is 10.5. The average Bonchev–Trinajstić information content (AvgIpc) is 2.84. The van der Waals surface area contributed by atoms with Crippen LogP contribution in [0.5, 0.6) is 0 Å². The molecule has 0 aromatic heterocycles. The third kappa shape index (κ3) is 3.31. The minimum absolute atomic E-state index is 0.270. The van der Waals surface area contributed by atoms with Crippen molar-refractivity contribution in [1.82, 2.24) is 0 Å². The molecule has 0 radical (unpaired) electrons. The Morgan fingerprint density at radius 1 is 1.38 bits per heavy atom. The summed E-state index contributed by atoms with van der Waals surface area (Å²) in [6.45, 7) is 3.66. The van der Waals surface area contributed by atoms with Gasteiger partial charge in [0.1, 0.15) is 0 Å². The van der Waals surface area contributed by atoms with Crippen molar-refractivity contribution in [2.24, 2.45) is 5.73 Å². The maximum atomic E-state index is 11.4. The van der Waals surface area contributed by atoms with E-state index in [2.05, 4.69) is 6.58 Å². The van der Waals surface area contributed by atoms with Gasteiger partial charge in [-0.15, -0.1) is 6.58 Å². The lowest BCUT2D eigenvalue weighted by Crippen LogP contribution is -2.32. The van der Waals surface area contributed by atoms with Crippen molar-refractivity contribution in [1.29, 1.82) is 0 Å². The summed E-state index contributed by atoms with van der Waals surface area (Å²) in [5, 5.41) is 0. The lowest BCUT2D eigenvalue weighted by molar-refractivity contribution is -0.121. The zero-order chi connectivity index (χ0) is 9.73. The van der Waals surface area contributed by atoms with Gasteiger partial charge in [0, 0.05) is 6.42 Å². The number of nitrogens with two attached hydrogens (primary N) is 1. The maximum absolute atomic E-state index is 11.4. The van der Waals surface area contributed by atoms with Crippen LogP contribution in [-0.4, -0.2) is 11.3 Å². The maximum Gasteiger partial charge on any atom is 0.152 e. The van der Waals surface area contributed by atoms with E-state index in [4.69, 9.17) is 5.73 Å². The number of Topliss-reactive ketones (excluding diaryl/α,β-unsaturated/α-hetero) is 1. The van der Waals surface area contributed by atoms with Crippen molar-refractivity contribution in [3.05, 3.63) is 12.7 Å². The first-order valence-electron chi connectivity index (χ1n) is 5.12. The van der Waals surface area contributed by atoms with Crippen LogP contribution in [0.4, 0.5) is 0 Å². The molecule has 0 aromatic carbocycles. The lowest BCUT2D eigenvalue weighted by atomic mass is 10.0. The van der Waals surface area contributed by atoms with E-state index in [0.29, 0.717) is 6.42 Å². The molecule has 1 aliphatic rings. The van der Waals surface area contributed by atoms with E-state index in [0.717, 1.165) is 38.5 Å². The molecule has 1 fully saturated rings. The Balaban J connectivity index is 1.99. The first-order valence-corrected chi connectivity index (χ1v) is 5.12. The van der Waals surface area contributed by atoms with Gasteiger partial charge in [-0.2, -0.15) is 0 Å². The van der Waals surface area contributed by atoms with Crippen LogP contribution in [0.3, 0.4) is 0 Å². The Morgan fingerprint density at radius 2 is 2.08 bits per heavy atom. The molecule has 2 N–H and O–H groups in total. The predicted molar refractivity (Wildman–Crippen MR) is 54.4 cm³/mol. The lowest BCUT2D eigenvalue weighted by Gasteiger charge is -2.06. The quantitative estimate of drug-likeness (QED) is 0.483. The highest BCUT2D eigenvalue weighted by atomic mass is 16.1. The fraction of sp³-hybridized carbons (Fsp3) is 0.727. The van der Waals surface area contributed by atoms with Gasteiger partial charge < -0.3 is 5.73 Å². The summed E-state index contributed by atoms with van der Waals surface area (Å²) in [4.78, 5) is 11.4. The Kier molecular flexibility index (Phi) is 3.67. The fourth-order valence-corrected chi connectivity index (χ4v) is 1.41. The molecular formula is C11H19NO. The van der Waals surface area contributed by atoms with Crippen molar-refractivity contribution in [3.63, 3.8) is 0 Å². The van der Waals surface area contributed by atoms with Crippen LogP contribution in [0.2, 0.25) is 0 Å². The standard InChI is InChI=1S/C11H19NO/c1-2-3-4-5-6-7-10(13)11(12)8-9-11/h2H,1,3-9,12H2. The normalized spacial score (nSPS) is 18.2. The SMILES string of the molecule is C=CCCCCCC(=O)C1(N)CC1. The van der Waals surface area contributed by atoms with E-state index in [9.17, 15) is 4.79 Å². The Morgan fingerprint density at radius 3 is 2.62 bits per heavy atom. The van der Waals surface area contributed by atoms with Gasteiger partial charge in [-0.1, -0.05) is 12.5 Å². The van der Waals surface area contributed by atoms with Crippen LogP contribution >= 0.6 is 0 Å². The van der Waals surface area contributed by atoms with Gasteiger partial charge in [-0.25, -0.2) is 0 Å². The summed E-state index contributed by atoms with van der Waals surface area (Å²) in [6, 6.07) is 0. The third-order valence-electron chi connectivity index (χ3n) is 2.66. The molecule has 0 heterocycles. The Bertz CT molecular complexity index is 194. The average molecular weight is 181 g/mol. The molecule has 2 heteroatoms. The number of allylic oxidation sites excluding steroid dienone is 1. The second-order valence-corrected chi connectivity index (χ2v) is 3.97. The topological polar surface area (TPSA) is 43.1 Å². The van der Waals surface area contributed by atoms with Crippen molar-refractivity contribution >= 4 is 5.78 Å². The fourth-order valence-electron chi connectivity index (χ4n) is 1.41. The third-order valence-corrected chi connectivity index (χ3v) is 2.66. The molecule has 2 nitrogen and oxygen atoms in total. The van der Waals surface area contributed by atoms with Gasteiger partial charge in [-0.05, 0) is 32.1 Å². The molecular weight excluding hydrogens is 162 g/mol. The number of hydrogen-bond donors (Lipinski definition) is 1. The van der Waals surface area contributed by atoms with Crippen LogP contribution in [0.1, 0.15) is 44.9 Å². The van der Waals surface area contributed by atoms with E-state index in [1.54, 1.807) is 0 Å². The zero-order valence-corrected chi connectivity index (χ0v) is 8.22. The summed E-state index contributed by atoms with van der Waals surface area (Å²) in [5.41, 5.74) is 5.36. The summed E-state index contributed by atoms with van der Waals surface area (Å²) < 4.78 is 0. The van der Waals surface area contributed by atoms with Gasteiger partial charge in [-0.3, -0.25) is 4.79 Å². The van der Waals surface area contributed by atoms with Crippen LogP contribution in [0.15, 0.2) is 12.7 Å². The van der Waals surface area contributed by atoms with Gasteiger partial charge >= 0.3 is 0 Å². The Hall–Kier alpha value is -0.630. The summed E-state index contributed by atoms with van der Waals surface area (Å²) in [7, 11) is 0. The number of rotatable bonds is 7. The molecule has 13 heavy (non-hydrogen) atoms. The minimum atomic E-state index is -0.404. The van der Waals surface area contributed by atoms with Crippen molar-refractivity contribution < 1.29 is 4.79 Å². The highest BCUT2D eigenvalue weighted by Gasteiger charge is 2.44. The molecule has 1 rings (SSSR count). The summed E-state index contributed by atoms with van der Waals surface area (Å²) >= 11 is 0. The molecule has 0 bridgehead atoms. The smallest absolute Gasteiger partial charge is 0.152 e. The van der Waals surface area contributed by atoms with Crippen molar-refractivity contribution in [3.8, 4) is 0 Å². The van der Waals surface area contributed by atoms with E-state index < -0.39 is 5.54 Å². The van der Waals surface area contributed by atoms with E-state index in [1.807, 2.05) is 6.08 Å². The molecule has 0 spiro atoms. The number of unbranched alkanes of at least 4 members (excludes halogenated alkanes) is 3. The van der Waals surface area contributed by atoms with Crippen LogP contribution in [0.25, 0.3) is 0 Å². The molecule has 0 unspecified atom stereocenters. The van der Waals surface area contributed by atoms with Gasteiger partial charge in [0.2, 0.25) is 0 Å². The number of carbonyl (C=O) groups excluding carboxylic acids is 1. The van der Waals surface area contributed by atoms with Crippen molar-refractivity contribution in [2.75, 3.05) is 0 Å². The van der Waals surface area contributed by atoms with Crippen LogP contribution < -0.4 is 5.73 Å². The highest BCUT2D eigenvalue weighted by Crippen LogP contribution is 2.34. The molecule has 0 aliphatic heterocycles. The van der Waals surface area contributed by atoms with Crippen molar-refractivity contribution in [2.45, 2.75) is 50.5 Å². The molecule has 0 atom stereocenters. The van der Waals surface area contributed by atoms with E-state index >= 15 is 0 Å². The monoisotopic (exact) mass is 181 g/mol. The van der Waals surface area contributed by atoms with Gasteiger partial charge in [0.05, 0.1) is 5.54 Å². The molecule has 0 aromatic rings. The van der Waals surface area contributed by atoms with Crippen LogP contribution in [0, 0.1) is 0 Å². The zero-order valence-electron chi connectivity index (χ0n) is 8.22. The predicted octanol–water partition coefficient (Wildman–Crippen LogP) is 2.18. The number of hydrogen-bond acceptors (Lipinski definition) is 2. The summed E-state index contributed by atoms with van der Waals surface area (Å²) in [6.07, 6.45) is 8.72. The van der Waals surface area contributed by atoms with Gasteiger partial charge in [0.15, 0.2) is 5.78 Å². The molecule has 1 saturated carbocycles. The highest BCUT2D eigenvalue weighted by molar-refractivity contribution is 5.90. The van der Waals surface area contributed by atoms with E-state index in [1.165, 1.54) is 0 Å². The minimum Gasteiger partial charge on any atom is -0.319 e. The molecule has 1 aliphatic carbocycles. The number of ketones is 1. The Labute approximate surface area is 80.2 Å². The molecule has 0 amide bonds. The largest absolute Gasteiger partial charge is 0.319 e. The second-order valence-electron chi connectivity index (χ2n) is 3.97. The van der Waals surface area contributed by atoms with Crippen LogP contribution in [-0.2, 0) is 4.79 Å². The molecule has 0 saturated heterocycles. The number of carbonyl (C=O) groups is 1. The first-order chi connectivity index (χ1) is 6.19.